The van der Waals surface area contributed by atoms with E-state index in [1.807, 2.05) is 29.3 Å². The number of rotatable bonds is 1. The Labute approximate surface area is 87.4 Å². The fourth-order valence-electron chi connectivity index (χ4n) is 1.47. The van der Waals surface area contributed by atoms with Crippen molar-refractivity contribution < 1.29 is 0 Å². The Hall–Kier alpha value is -0.0600. The van der Waals surface area contributed by atoms with Gasteiger partial charge in [-0.15, -0.1) is 11.3 Å². The average molecular weight is 214 g/mol. The zero-order valence-corrected chi connectivity index (χ0v) is 9.62. The van der Waals surface area contributed by atoms with Gasteiger partial charge in [0, 0.05) is 29.1 Å². The van der Waals surface area contributed by atoms with E-state index in [9.17, 15) is 0 Å². The van der Waals surface area contributed by atoms with Gasteiger partial charge in [-0.25, -0.2) is 4.98 Å². The SMILES string of the molecule is Cc1cnc(C2CSCCN2C)s1. The van der Waals surface area contributed by atoms with Crippen LogP contribution in [0.25, 0.3) is 0 Å². The van der Waals surface area contributed by atoms with Crippen molar-refractivity contribution in [2.24, 2.45) is 0 Å². The molecule has 0 aliphatic carbocycles. The van der Waals surface area contributed by atoms with E-state index in [4.69, 9.17) is 0 Å². The van der Waals surface area contributed by atoms with Crippen LogP contribution >= 0.6 is 23.1 Å². The van der Waals surface area contributed by atoms with Gasteiger partial charge in [0.15, 0.2) is 0 Å². The van der Waals surface area contributed by atoms with Gasteiger partial charge < -0.3 is 0 Å². The van der Waals surface area contributed by atoms with Crippen LogP contribution in [0.2, 0.25) is 0 Å². The fourth-order valence-corrected chi connectivity index (χ4v) is 3.74. The molecule has 4 heteroatoms. The highest BCUT2D eigenvalue weighted by molar-refractivity contribution is 7.99. The minimum Gasteiger partial charge on any atom is -0.296 e. The predicted octanol–water partition coefficient (Wildman–Crippen LogP) is 2.17. The van der Waals surface area contributed by atoms with Crippen LogP contribution in [-0.4, -0.2) is 35.0 Å². The third kappa shape index (κ3) is 2.06. The van der Waals surface area contributed by atoms with E-state index in [2.05, 4.69) is 23.9 Å². The first kappa shape index (κ1) is 9.49. The molecule has 0 N–H and O–H groups in total. The molecule has 13 heavy (non-hydrogen) atoms. The third-order valence-electron chi connectivity index (χ3n) is 2.32. The van der Waals surface area contributed by atoms with Gasteiger partial charge in [0.1, 0.15) is 5.01 Å². The van der Waals surface area contributed by atoms with Gasteiger partial charge in [0.05, 0.1) is 6.04 Å². The predicted molar refractivity (Wildman–Crippen MR) is 59.5 cm³/mol. The van der Waals surface area contributed by atoms with Crippen molar-refractivity contribution >= 4 is 23.1 Å². The number of aromatic nitrogens is 1. The molecule has 0 aromatic carbocycles. The third-order valence-corrected chi connectivity index (χ3v) is 4.36. The van der Waals surface area contributed by atoms with Crippen molar-refractivity contribution in [1.29, 1.82) is 0 Å². The molecule has 1 aliphatic rings. The number of nitrogens with zero attached hydrogens (tertiary/aromatic N) is 2. The Balaban J connectivity index is 2.14. The molecule has 72 valence electrons. The molecular formula is C9H14N2S2. The maximum atomic E-state index is 4.45. The molecule has 1 aromatic heterocycles. The van der Waals surface area contributed by atoms with E-state index in [0.29, 0.717) is 6.04 Å². The Bertz CT molecular complexity index is 285. The second kappa shape index (κ2) is 3.98. The zero-order chi connectivity index (χ0) is 9.26. The first-order valence-electron chi connectivity index (χ1n) is 4.47. The highest BCUT2D eigenvalue weighted by Crippen LogP contribution is 2.30. The topological polar surface area (TPSA) is 16.1 Å². The summed E-state index contributed by atoms with van der Waals surface area (Å²) >= 11 is 3.87. The molecule has 1 unspecified atom stereocenters. The molecule has 0 saturated carbocycles. The second-order valence-corrected chi connectivity index (χ2v) is 5.80. The summed E-state index contributed by atoms with van der Waals surface area (Å²) in [5.74, 6) is 2.46. The summed E-state index contributed by atoms with van der Waals surface area (Å²) in [6.07, 6.45) is 1.98. The molecule has 0 bridgehead atoms. The van der Waals surface area contributed by atoms with Crippen LogP contribution < -0.4 is 0 Å². The summed E-state index contributed by atoms with van der Waals surface area (Å²) in [6, 6.07) is 0.553. The molecule has 1 aliphatic heterocycles. The lowest BCUT2D eigenvalue weighted by atomic mass is 10.3. The summed E-state index contributed by atoms with van der Waals surface area (Å²) in [5.41, 5.74) is 0. The number of hydrogen-bond donors (Lipinski definition) is 0. The first-order chi connectivity index (χ1) is 6.27. The van der Waals surface area contributed by atoms with Gasteiger partial charge >= 0.3 is 0 Å². The molecule has 2 heterocycles. The molecule has 2 nitrogen and oxygen atoms in total. The molecule has 1 fully saturated rings. The van der Waals surface area contributed by atoms with E-state index < -0.39 is 0 Å². The number of aryl methyl sites for hydroxylation is 1. The summed E-state index contributed by atoms with van der Waals surface area (Å²) in [4.78, 5) is 8.18. The van der Waals surface area contributed by atoms with Gasteiger partial charge in [-0.1, -0.05) is 0 Å². The highest BCUT2D eigenvalue weighted by Gasteiger charge is 2.23. The zero-order valence-electron chi connectivity index (χ0n) is 7.99. The lowest BCUT2D eigenvalue weighted by Crippen LogP contribution is -2.32. The summed E-state index contributed by atoms with van der Waals surface area (Å²) in [5, 5.41) is 1.28. The molecule has 0 spiro atoms. The molecule has 2 rings (SSSR count). The van der Waals surface area contributed by atoms with Crippen LogP contribution in [0.5, 0.6) is 0 Å². The highest BCUT2D eigenvalue weighted by atomic mass is 32.2. The van der Waals surface area contributed by atoms with E-state index >= 15 is 0 Å². The minimum absolute atomic E-state index is 0.553. The standard InChI is InChI=1S/C9H14N2S2/c1-7-5-10-9(13-7)8-6-12-4-3-11(8)2/h5,8H,3-4,6H2,1-2H3. The van der Waals surface area contributed by atoms with Crippen LogP contribution in [0.3, 0.4) is 0 Å². The Morgan fingerprint density at radius 1 is 1.62 bits per heavy atom. The van der Waals surface area contributed by atoms with Crippen molar-refractivity contribution in [3.05, 3.63) is 16.1 Å². The molecule has 1 aromatic rings. The van der Waals surface area contributed by atoms with Gasteiger partial charge in [-0.05, 0) is 14.0 Å². The fraction of sp³-hybridized carbons (Fsp3) is 0.667. The van der Waals surface area contributed by atoms with Crippen LogP contribution in [0.15, 0.2) is 6.20 Å². The van der Waals surface area contributed by atoms with Crippen molar-refractivity contribution in [2.45, 2.75) is 13.0 Å². The van der Waals surface area contributed by atoms with Gasteiger partial charge in [-0.2, -0.15) is 11.8 Å². The lowest BCUT2D eigenvalue weighted by molar-refractivity contribution is 0.274. The van der Waals surface area contributed by atoms with Crippen LogP contribution in [0.4, 0.5) is 0 Å². The maximum Gasteiger partial charge on any atom is 0.111 e. The maximum absolute atomic E-state index is 4.45. The molecule has 0 radical (unpaired) electrons. The van der Waals surface area contributed by atoms with Gasteiger partial charge in [-0.3, -0.25) is 4.90 Å². The van der Waals surface area contributed by atoms with Crippen LogP contribution in [0.1, 0.15) is 15.9 Å². The molecule has 0 amide bonds. The van der Waals surface area contributed by atoms with Crippen molar-refractivity contribution in [2.75, 3.05) is 25.1 Å². The number of hydrogen-bond acceptors (Lipinski definition) is 4. The normalized spacial score (nSPS) is 24.9. The quantitative estimate of drug-likeness (QED) is 0.713. The molecule has 1 saturated heterocycles. The first-order valence-corrected chi connectivity index (χ1v) is 6.45. The van der Waals surface area contributed by atoms with E-state index in [-0.39, 0.29) is 0 Å². The Kier molecular flexibility index (Phi) is 2.91. The van der Waals surface area contributed by atoms with Crippen LogP contribution in [-0.2, 0) is 0 Å². The lowest BCUT2D eigenvalue weighted by Gasteiger charge is -2.30. The van der Waals surface area contributed by atoms with Crippen molar-refractivity contribution in [1.82, 2.24) is 9.88 Å². The van der Waals surface area contributed by atoms with Crippen molar-refractivity contribution in [3.63, 3.8) is 0 Å². The largest absolute Gasteiger partial charge is 0.296 e. The molecular weight excluding hydrogens is 200 g/mol. The average Bonchev–Trinajstić information content (AvgIpc) is 2.53. The number of thioether (sulfide) groups is 1. The van der Waals surface area contributed by atoms with Crippen molar-refractivity contribution in [3.8, 4) is 0 Å². The summed E-state index contributed by atoms with van der Waals surface area (Å²) < 4.78 is 0. The second-order valence-electron chi connectivity index (χ2n) is 3.38. The van der Waals surface area contributed by atoms with E-state index in [1.165, 1.54) is 27.9 Å². The van der Waals surface area contributed by atoms with Gasteiger partial charge in [0.2, 0.25) is 0 Å². The smallest absolute Gasteiger partial charge is 0.111 e. The monoisotopic (exact) mass is 214 g/mol. The van der Waals surface area contributed by atoms with Crippen LogP contribution in [0, 0.1) is 6.92 Å². The minimum atomic E-state index is 0.553. The summed E-state index contributed by atoms with van der Waals surface area (Å²) in [7, 11) is 2.20. The van der Waals surface area contributed by atoms with E-state index in [0.717, 1.165) is 0 Å². The van der Waals surface area contributed by atoms with Gasteiger partial charge in [0.25, 0.3) is 0 Å². The summed E-state index contributed by atoms with van der Waals surface area (Å²) in [6.45, 7) is 3.31. The number of thiazole rings is 1. The Morgan fingerprint density at radius 3 is 3.08 bits per heavy atom. The molecule has 1 atom stereocenters. The van der Waals surface area contributed by atoms with E-state index in [1.54, 1.807) is 0 Å². The Morgan fingerprint density at radius 2 is 2.46 bits per heavy atom.